The molecule has 1 N–H and O–H groups in total. The summed E-state index contributed by atoms with van der Waals surface area (Å²) in [5.41, 5.74) is 0.879. The molecule has 15 heavy (non-hydrogen) atoms. The fourth-order valence-corrected chi connectivity index (χ4v) is 1.74. The molecule has 2 unspecified atom stereocenters. The molecule has 3 heteroatoms. The van der Waals surface area contributed by atoms with Crippen LogP contribution in [0.1, 0.15) is 25.8 Å². The SMILES string of the molecule is CCC(Cc1ccc(Cl)c(F)c1)C(C)O. The molecule has 0 radical (unpaired) electrons. The maximum absolute atomic E-state index is 13.1. The van der Waals surface area contributed by atoms with Gasteiger partial charge in [-0.2, -0.15) is 0 Å². The first-order chi connectivity index (χ1) is 7.04. The van der Waals surface area contributed by atoms with Gasteiger partial charge in [0.2, 0.25) is 0 Å². The molecule has 0 aromatic heterocycles. The summed E-state index contributed by atoms with van der Waals surface area (Å²) in [6.07, 6.45) is 1.19. The zero-order chi connectivity index (χ0) is 11.4. The maximum atomic E-state index is 13.1. The van der Waals surface area contributed by atoms with E-state index in [4.69, 9.17) is 11.6 Å². The second-order valence-electron chi connectivity index (χ2n) is 3.86. The normalized spacial score (nSPS) is 15.0. The molecular weight excluding hydrogens is 215 g/mol. The van der Waals surface area contributed by atoms with Crippen LogP contribution in [0.25, 0.3) is 0 Å². The lowest BCUT2D eigenvalue weighted by Gasteiger charge is -2.17. The predicted octanol–water partition coefficient (Wildman–Crippen LogP) is 3.43. The summed E-state index contributed by atoms with van der Waals surface area (Å²) in [4.78, 5) is 0. The van der Waals surface area contributed by atoms with Crippen molar-refractivity contribution < 1.29 is 9.50 Å². The van der Waals surface area contributed by atoms with Crippen molar-refractivity contribution in [3.05, 3.63) is 34.6 Å². The minimum atomic E-state index is -0.394. The molecule has 0 spiro atoms. The third-order valence-electron chi connectivity index (χ3n) is 2.69. The number of hydrogen-bond acceptors (Lipinski definition) is 1. The minimum absolute atomic E-state index is 0.142. The van der Waals surface area contributed by atoms with Gasteiger partial charge in [-0.1, -0.05) is 31.0 Å². The molecule has 0 aliphatic heterocycles. The third-order valence-corrected chi connectivity index (χ3v) is 3.00. The van der Waals surface area contributed by atoms with Crippen molar-refractivity contribution in [2.24, 2.45) is 5.92 Å². The molecular formula is C12H16ClFO. The zero-order valence-electron chi connectivity index (χ0n) is 9.00. The summed E-state index contributed by atoms with van der Waals surface area (Å²) < 4.78 is 13.1. The van der Waals surface area contributed by atoms with Crippen LogP contribution in [0.15, 0.2) is 18.2 Å². The van der Waals surface area contributed by atoms with Gasteiger partial charge in [-0.15, -0.1) is 0 Å². The van der Waals surface area contributed by atoms with Crippen molar-refractivity contribution in [1.82, 2.24) is 0 Å². The lowest BCUT2D eigenvalue weighted by molar-refractivity contribution is 0.123. The van der Waals surface area contributed by atoms with E-state index in [1.165, 1.54) is 6.07 Å². The topological polar surface area (TPSA) is 20.2 Å². The number of aliphatic hydroxyl groups is 1. The molecule has 0 amide bonds. The van der Waals surface area contributed by atoms with Crippen molar-refractivity contribution >= 4 is 11.6 Å². The monoisotopic (exact) mass is 230 g/mol. The average Bonchev–Trinajstić information content (AvgIpc) is 2.19. The van der Waals surface area contributed by atoms with E-state index in [2.05, 4.69) is 0 Å². The first-order valence-corrected chi connectivity index (χ1v) is 5.54. The van der Waals surface area contributed by atoms with Crippen molar-refractivity contribution in [3.8, 4) is 0 Å². The fourth-order valence-electron chi connectivity index (χ4n) is 1.63. The highest BCUT2D eigenvalue weighted by atomic mass is 35.5. The Morgan fingerprint density at radius 3 is 2.60 bits per heavy atom. The smallest absolute Gasteiger partial charge is 0.142 e. The van der Waals surface area contributed by atoms with Gasteiger partial charge in [-0.25, -0.2) is 4.39 Å². The number of rotatable bonds is 4. The van der Waals surface area contributed by atoms with E-state index in [9.17, 15) is 9.50 Å². The van der Waals surface area contributed by atoms with Gasteiger partial charge in [-0.05, 0) is 37.0 Å². The summed E-state index contributed by atoms with van der Waals surface area (Å²) in [7, 11) is 0. The van der Waals surface area contributed by atoms with E-state index >= 15 is 0 Å². The molecule has 1 aromatic rings. The first kappa shape index (κ1) is 12.5. The van der Waals surface area contributed by atoms with Gasteiger partial charge in [0.25, 0.3) is 0 Å². The van der Waals surface area contributed by atoms with Gasteiger partial charge >= 0.3 is 0 Å². The van der Waals surface area contributed by atoms with Gasteiger partial charge < -0.3 is 5.11 Å². The maximum Gasteiger partial charge on any atom is 0.142 e. The van der Waals surface area contributed by atoms with Crippen molar-refractivity contribution in [2.45, 2.75) is 32.8 Å². The standard InChI is InChI=1S/C12H16ClFO/c1-3-10(8(2)15)6-9-4-5-11(13)12(14)7-9/h4-5,7-8,10,15H,3,6H2,1-2H3. The van der Waals surface area contributed by atoms with E-state index in [1.807, 2.05) is 6.92 Å². The van der Waals surface area contributed by atoms with Crippen molar-refractivity contribution in [2.75, 3.05) is 0 Å². The number of benzene rings is 1. The molecule has 0 saturated heterocycles. The average molecular weight is 231 g/mol. The van der Waals surface area contributed by atoms with Crippen LogP contribution in [0.5, 0.6) is 0 Å². The molecule has 0 aliphatic rings. The lowest BCUT2D eigenvalue weighted by Crippen LogP contribution is -2.18. The van der Waals surface area contributed by atoms with Gasteiger partial charge in [0.1, 0.15) is 5.82 Å². The van der Waals surface area contributed by atoms with Gasteiger partial charge in [-0.3, -0.25) is 0 Å². The molecule has 0 heterocycles. The molecule has 0 saturated carbocycles. The van der Waals surface area contributed by atoms with Gasteiger partial charge in [0.15, 0.2) is 0 Å². The Labute approximate surface area is 94.9 Å². The van der Waals surface area contributed by atoms with E-state index < -0.39 is 5.82 Å². The first-order valence-electron chi connectivity index (χ1n) is 5.16. The van der Waals surface area contributed by atoms with E-state index in [0.717, 1.165) is 12.0 Å². The van der Waals surface area contributed by atoms with Crippen LogP contribution in [0.2, 0.25) is 5.02 Å². The fraction of sp³-hybridized carbons (Fsp3) is 0.500. The van der Waals surface area contributed by atoms with E-state index in [1.54, 1.807) is 19.1 Å². The number of hydrogen-bond donors (Lipinski definition) is 1. The second kappa shape index (κ2) is 5.47. The largest absolute Gasteiger partial charge is 0.393 e. The van der Waals surface area contributed by atoms with E-state index in [-0.39, 0.29) is 17.0 Å². The quantitative estimate of drug-likeness (QED) is 0.840. The second-order valence-corrected chi connectivity index (χ2v) is 4.27. The molecule has 84 valence electrons. The van der Waals surface area contributed by atoms with Gasteiger partial charge in [0, 0.05) is 0 Å². The molecule has 0 fully saturated rings. The Balaban J connectivity index is 2.75. The van der Waals surface area contributed by atoms with Crippen LogP contribution in [0.4, 0.5) is 4.39 Å². The number of halogens is 2. The summed E-state index contributed by atoms with van der Waals surface area (Å²) in [5.74, 6) is -0.222. The third kappa shape index (κ3) is 3.47. The molecule has 1 nitrogen and oxygen atoms in total. The summed E-state index contributed by atoms with van der Waals surface area (Å²) >= 11 is 5.59. The summed E-state index contributed by atoms with van der Waals surface area (Å²) in [6, 6.07) is 4.80. The highest BCUT2D eigenvalue weighted by Crippen LogP contribution is 2.20. The summed E-state index contributed by atoms with van der Waals surface area (Å²) in [5, 5.41) is 9.62. The van der Waals surface area contributed by atoms with Crippen molar-refractivity contribution in [3.63, 3.8) is 0 Å². The molecule has 1 rings (SSSR count). The molecule has 0 bridgehead atoms. The molecule has 2 atom stereocenters. The van der Waals surface area contributed by atoms with Crippen molar-refractivity contribution in [1.29, 1.82) is 0 Å². The summed E-state index contributed by atoms with van der Waals surface area (Å²) in [6.45, 7) is 3.78. The molecule has 1 aromatic carbocycles. The highest BCUT2D eigenvalue weighted by Gasteiger charge is 2.14. The Kier molecular flexibility index (Phi) is 4.55. The highest BCUT2D eigenvalue weighted by molar-refractivity contribution is 6.30. The number of aliphatic hydroxyl groups excluding tert-OH is 1. The van der Waals surface area contributed by atoms with Crippen LogP contribution < -0.4 is 0 Å². The van der Waals surface area contributed by atoms with Gasteiger partial charge in [0.05, 0.1) is 11.1 Å². The van der Waals surface area contributed by atoms with Crippen LogP contribution in [0, 0.1) is 11.7 Å². The zero-order valence-corrected chi connectivity index (χ0v) is 9.76. The molecule has 0 aliphatic carbocycles. The lowest BCUT2D eigenvalue weighted by atomic mass is 9.92. The van der Waals surface area contributed by atoms with Crippen LogP contribution in [-0.4, -0.2) is 11.2 Å². The minimum Gasteiger partial charge on any atom is -0.393 e. The van der Waals surface area contributed by atoms with Crippen LogP contribution in [-0.2, 0) is 6.42 Å². The Hall–Kier alpha value is -0.600. The Bertz CT molecular complexity index is 325. The Morgan fingerprint density at radius 1 is 1.47 bits per heavy atom. The van der Waals surface area contributed by atoms with Crippen LogP contribution >= 0.6 is 11.6 Å². The van der Waals surface area contributed by atoms with Crippen LogP contribution in [0.3, 0.4) is 0 Å². The Morgan fingerprint density at radius 2 is 2.13 bits per heavy atom. The predicted molar refractivity (Wildman–Crippen MR) is 60.6 cm³/mol. The van der Waals surface area contributed by atoms with E-state index in [0.29, 0.717) is 6.42 Å².